The maximum Gasteiger partial charge on any atom is 0.237 e. The summed E-state index contributed by atoms with van der Waals surface area (Å²) in [6, 6.07) is 10.9. The van der Waals surface area contributed by atoms with Gasteiger partial charge in [0.2, 0.25) is 17.8 Å². The fraction of sp³-hybridized carbons (Fsp3) is 0.200. The molecule has 0 fully saturated rings. The number of carbonyl (C=O) groups is 1. The number of rotatable bonds is 7. The SMILES string of the molecule is Cc1ccccc1Nc1nc(N)nc(CS[C@@H](C)C(=O)Nc2ccc(F)c(F)c2)n1. The van der Waals surface area contributed by atoms with E-state index >= 15 is 0 Å². The number of nitrogen functional groups attached to an aromatic ring is 1. The molecule has 0 radical (unpaired) electrons. The molecule has 3 aromatic rings. The summed E-state index contributed by atoms with van der Waals surface area (Å²) >= 11 is 1.28. The van der Waals surface area contributed by atoms with E-state index in [1.165, 1.54) is 17.8 Å². The molecule has 1 atom stereocenters. The second-order valence-corrected chi connectivity index (χ2v) is 7.77. The molecule has 3 rings (SSSR count). The first-order chi connectivity index (χ1) is 14.3. The van der Waals surface area contributed by atoms with Crippen LogP contribution in [0.1, 0.15) is 18.3 Å². The molecular formula is C20H20F2N6OS. The van der Waals surface area contributed by atoms with E-state index in [4.69, 9.17) is 5.73 Å². The number of para-hydroxylation sites is 1. The fourth-order valence-corrected chi connectivity index (χ4v) is 3.22. The molecule has 1 aromatic heterocycles. The van der Waals surface area contributed by atoms with E-state index in [1.807, 2.05) is 31.2 Å². The standard InChI is InChI=1S/C20H20F2N6OS/c1-11-5-3-4-6-16(11)25-20-27-17(26-19(23)28-20)10-30-12(2)18(29)24-13-7-8-14(21)15(22)9-13/h3-9,12H,10H2,1-2H3,(H,24,29)(H3,23,25,26,27,28)/t12-/m0/s1. The van der Waals surface area contributed by atoms with Crippen molar-refractivity contribution in [1.82, 2.24) is 15.0 Å². The van der Waals surface area contributed by atoms with Crippen molar-refractivity contribution >= 4 is 40.9 Å². The summed E-state index contributed by atoms with van der Waals surface area (Å²) in [5.74, 6) is -1.26. The quantitative estimate of drug-likeness (QED) is 0.519. The Hall–Kier alpha value is -3.27. The molecule has 7 nitrogen and oxygen atoms in total. The third-order valence-corrected chi connectivity index (χ3v) is 5.25. The number of hydrogen-bond donors (Lipinski definition) is 3. The highest BCUT2D eigenvalue weighted by Gasteiger charge is 2.16. The van der Waals surface area contributed by atoms with Crippen LogP contribution >= 0.6 is 11.8 Å². The summed E-state index contributed by atoms with van der Waals surface area (Å²) < 4.78 is 26.3. The zero-order chi connectivity index (χ0) is 21.7. The van der Waals surface area contributed by atoms with Crippen molar-refractivity contribution in [2.75, 3.05) is 16.4 Å². The zero-order valence-electron chi connectivity index (χ0n) is 16.3. The molecule has 0 aliphatic carbocycles. The van der Waals surface area contributed by atoms with Gasteiger partial charge >= 0.3 is 0 Å². The minimum Gasteiger partial charge on any atom is -0.368 e. The van der Waals surface area contributed by atoms with Crippen LogP contribution < -0.4 is 16.4 Å². The summed E-state index contributed by atoms with van der Waals surface area (Å²) in [5.41, 5.74) is 7.84. The first-order valence-electron chi connectivity index (χ1n) is 9.02. The Morgan fingerprint density at radius 2 is 1.90 bits per heavy atom. The van der Waals surface area contributed by atoms with Gasteiger partial charge in [-0.25, -0.2) is 8.78 Å². The van der Waals surface area contributed by atoms with Gasteiger partial charge in [-0.3, -0.25) is 4.79 Å². The number of amides is 1. The topological polar surface area (TPSA) is 106 Å². The van der Waals surface area contributed by atoms with E-state index in [-0.39, 0.29) is 17.5 Å². The molecule has 0 unspecified atom stereocenters. The fourth-order valence-electron chi connectivity index (χ4n) is 2.49. The highest BCUT2D eigenvalue weighted by atomic mass is 32.2. The monoisotopic (exact) mass is 430 g/mol. The molecular weight excluding hydrogens is 410 g/mol. The van der Waals surface area contributed by atoms with Crippen molar-refractivity contribution in [2.24, 2.45) is 0 Å². The third-order valence-electron chi connectivity index (χ3n) is 4.11. The smallest absolute Gasteiger partial charge is 0.237 e. The molecule has 0 saturated heterocycles. The Kier molecular flexibility index (Phi) is 6.78. The Morgan fingerprint density at radius 1 is 1.13 bits per heavy atom. The molecule has 2 aromatic carbocycles. The minimum absolute atomic E-state index is 0.0653. The summed E-state index contributed by atoms with van der Waals surface area (Å²) in [6.07, 6.45) is 0. The lowest BCUT2D eigenvalue weighted by Gasteiger charge is -2.13. The maximum atomic E-state index is 13.3. The molecule has 1 amide bonds. The van der Waals surface area contributed by atoms with Gasteiger partial charge in [0.1, 0.15) is 5.82 Å². The average molecular weight is 430 g/mol. The second kappa shape index (κ2) is 9.49. The van der Waals surface area contributed by atoms with Crippen molar-refractivity contribution < 1.29 is 13.6 Å². The van der Waals surface area contributed by atoms with Crippen LogP contribution in [-0.2, 0) is 10.5 Å². The number of carbonyl (C=O) groups excluding carboxylic acids is 1. The molecule has 0 bridgehead atoms. The van der Waals surface area contributed by atoms with Crippen LogP contribution in [0.3, 0.4) is 0 Å². The molecule has 1 heterocycles. The van der Waals surface area contributed by atoms with E-state index in [9.17, 15) is 13.6 Å². The van der Waals surface area contributed by atoms with E-state index in [0.29, 0.717) is 17.5 Å². The largest absolute Gasteiger partial charge is 0.368 e. The van der Waals surface area contributed by atoms with Crippen LogP contribution in [0, 0.1) is 18.6 Å². The first kappa shape index (κ1) is 21.4. The number of nitrogens with zero attached hydrogens (tertiary/aromatic N) is 3. The molecule has 0 aliphatic rings. The van der Waals surface area contributed by atoms with Gasteiger partial charge in [0.15, 0.2) is 11.6 Å². The molecule has 4 N–H and O–H groups in total. The molecule has 10 heteroatoms. The highest BCUT2D eigenvalue weighted by Crippen LogP contribution is 2.21. The van der Waals surface area contributed by atoms with Crippen molar-refractivity contribution in [1.29, 1.82) is 0 Å². The predicted octanol–water partition coefficient (Wildman–Crippen LogP) is 4.04. The molecule has 30 heavy (non-hydrogen) atoms. The van der Waals surface area contributed by atoms with Crippen molar-refractivity contribution in [3.05, 3.63) is 65.5 Å². The number of halogens is 2. The summed E-state index contributed by atoms with van der Waals surface area (Å²) in [7, 11) is 0. The number of nitrogens with one attached hydrogen (secondary N) is 2. The number of aryl methyl sites for hydroxylation is 1. The third kappa shape index (κ3) is 5.63. The van der Waals surface area contributed by atoms with Gasteiger partial charge in [0, 0.05) is 17.4 Å². The molecule has 0 saturated carbocycles. The Labute approximate surface area is 176 Å². The van der Waals surface area contributed by atoms with Crippen LogP contribution in [0.25, 0.3) is 0 Å². The van der Waals surface area contributed by atoms with Crippen LogP contribution in [0.5, 0.6) is 0 Å². The number of anilines is 4. The van der Waals surface area contributed by atoms with Gasteiger partial charge in [-0.2, -0.15) is 15.0 Å². The van der Waals surface area contributed by atoms with Crippen molar-refractivity contribution in [2.45, 2.75) is 24.9 Å². The first-order valence-corrected chi connectivity index (χ1v) is 10.1. The zero-order valence-corrected chi connectivity index (χ0v) is 17.1. The van der Waals surface area contributed by atoms with Crippen LogP contribution in [0.4, 0.5) is 32.1 Å². The van der Waals surface area contributed by atoms with E-state index in [1.54, 1.807) is 6.92 Å². The highest BCUT2D eigenvalue weighted by molar-refractivity contribution is 7.99. The van der Waals surface area contributed by atoms with Crippen LogP contribution in [0.15, 0.2) is 42.5 Å². The van der Waals surface area contributed by atoms with Gasteiger partial charge in [0.25, 0.3) is 0 Å². The van der Waals surface area contributed by atoms with Crippen LogP contribution in [0.2, 0.25) is 0 Å². The second-order valence-electron chi connectivity index (χ2n) is 6.44. The van der Waals surface area contributed by atoms with Crippen molar-refractivity contribution in [3.8, 4) is 0 Å². The molecule has 0 aliphatic heterocycles. The summed E-state index contributed by atoms with van der Waals surface area (Å²) in [5, 5.41) is 5.16. The number of nitrogens with two attached hydrogens (primary N) is 1. The average Bonchev–Trinajstić information content (AvgIpc) is 2.70. The lowest BCUT2D eigenvalue weighted by atomic mass is 10.2. The van der Waals surface area contributed by atoms with Gasteiger partial charge in [-0.1, -0.05) is 18.2 Å². The number of benzene rings is 2. The Balaban J connectivity index is 1.61. The van der Waals surface area contributed by atoms with Gasteiger partial charge in [0.05, 0.1) is 11.0 Å². The Bertz CT molecular complexity index is 1070. The molecule has 156 valence electrons. The lowest BCUT2D eigenvalue weighted by molar-refractivity contribution is -0.115. The lowest BCUT2D eigenvalue weighted by Crippen LogP contribution is -2.23. The minimum atomic E-state index is -1.03. The summed E-state index contributed by atoms with van der Waals surface area (Å²) in [4.78, 5) is 24.9. The van der Waals surface area contributed by atoms with Gasteiger partial charge in [-0.15, -0.1) is 11.8 Å². The normalized spacial score (nSPS) is 11.7. The van der Waals surface area contributed by atoms with E-state index < -0.39 is 16.9 Å². The van der Waals surface area contributed by atoms with E-state index in [0.717, 1.165) is 23.4 Å². The summed E-state index contributed by atoms with van der Waals surface area (Å²) in [6.45, 7) is 3.65. The predicted molar refractivity (Wildman–Crippen MR) is 114 cm³/mol. The number of hydrogen-bond acceptors (Lipinski definition) is 7. The number of thioether (sulfide) groups is 1. The van der Waals surface area contributed by atoms with Crippen LogP contribution in [-0.4, -0.2) is 26.1 Å². The maximum absolute atomic E-state index is 13.3. The van der Waals surface area contributed by atoms with Crippen molar-refractivity contribution in [3.63, 3.8) is 0 Å². The van der Waals surface area contributed by atoms with Gasteiger partial charge in [-0.05, 0) is 37.6 Å². The van der Waals surface area contributed by atoms with Gasteiger partial charge < -0.3 is 16.4 Å². The number of aromatic nitrogens is 3. The molecule has 0 spiro atoms. The van der Waals surface area contributed by atoms with E-state index in [2.05, 4.69) is 25.6 Å². The Morgan fingerprint density at radius 3 is 2.63 bits per heavy atom.